The molecule has 0 aliphatic carbocycles. The molecule has 1 atom stereocenters. The van der Waals surface area contributed by atoms with E-state index in [0.29, 0.717) is 18.1 Å². The Bertz CT molecular complexity index is 624. The summed E-state index contributed by atoms with van der Waals surface area (Å²) in [5.41, 5.74) is 7.18. The standard InChI is InChI=1S/C15H19N5O/c1-19-7-8-20(15(21)12-9-14(16)18-17-12)13(10-19)11-5-3-2-4-6-11/h2-6,9,13H,7-8,10H2,1H3,(H3,16,17,18). The first kappa shape index (κ1) is 13.6. The number of anilines is 1. The van der Waals surface area contributed by atoms with Crippen molar-refractivity contribution >= 4 is 11.7 Å². The lowest BCUT2D eigenvalue weighted by molar-refractivity contribution is 0.0492. The monoisotopic (exact) mass is 285 g/mol. The average molecular weight is 285 g/mol. The topological polar surface area (TPSA) is 78.2 Å². The Morgan fingerprint density at radius 2 is 2.10 bits per heavy atom. The van der Waals surface area contributed by atoms with Gasteiger partial charge in [0, 0.05) is 25.7 Å². The highest BCUT2D eigenvalue weighted by Crippen LogP contribution is 2.26. The molecule has 1 fully saturated rings. The number of nitrogens with two attached hydrogens (primary N) is 1. The van der Waals surface area contributed by atoms with Gasteiger partial charge in [0.15, 0.2) is 0 Å². The highest BCUT2D eigenvalue weighted by atomic mass is 16.2. The molecular formula is C15H19N5O. The molecule has 2 heterocycles. The summed E-state index contributed by atoms with van der Waals surface area (Å²) in [7, 11) is 2.08. The number of carbonyl (C=O) groups is 1. The molecule has 1 aromatic carbocycles. The van der Waals surface area contributed by atoms with E-state index in [1.165, 1.54) is 0 Å². The number of carbonyl (C=O) groups excluding carboxylic acids is 1. The lowest BCUT2D eigenvalue weighted by Crippen LogP contribution is -2.49. The second kappa shape index (κ2) is 5.57. The lowest BCUT2D eigenvalue weighted by Gasteiger charge is -2.40. The molecule has 3 N–H and O–H groups in total. The summed E-state index contributed by atoms with van der Waals surface area (Å²) in [6, 6.07) is 11.7. The van der Waals surface area contributed by atoms with E-state index in [2.05, 4.69) is 34.3 Å². The highest BCUT2D eigenvalue weighted by molar-refractivity contribution is 5.93. The van der Waals surface area contributed by atoms with Crippen LogP contribution >= 0.6 is 0 Å². The zero-order valence-electron chi connectivity index (χ0n) is 12.0. The van der Waals surface area contributed by atoms with Crippen LogP contribution in [0, 0.1) is 0 Å². The van der Waals surface area contributed by atoms with Crippen molar-refractivity contribution < 1.29 is 4.79 Å². The number of hydrogen-bond acceptors (Lipinski definition) is 4. The van der Waals surface area contributed by atoms with E-state index in [0.717, 1.165) is 18.7 Å². The van der Waals surface area contributed by atoms with Gasteiger partial charge in [-0.2, -0.15) is 5.10 Å². The number of hydrogen-bond donors (Lipinski definition) is 2. The van der Waals surface area contributed by atoms with E-state index in [4.69, 9.17) is 5.73 Å². The van der Waals surface area contributed by atoms with Crippen LogP contribution < -0.4 is 5.73 Å². The minimum absolute atomic E-state index is 0.0435. The minimum atomic E-state index is -0.0545. The van der Waals surface area contributed by atoms with Crippen LogP contribution in [-0.4, -0.2) is 52.6 Å². The van der Waals surface area contributed by atoms with Gasteiger partial charge in [0.25, 0.3) is 5.91 Å². The number of aromatic nitrogens is 2. The van der Waals surface area contributed by atoms with E-state index in [-0.39, 0.29) is 11.9 Å². The van der Waals surface area contributed by atoms with Crippen LogP contribution in [0.5, 0.6) is 0 Å². The van der Waals surface area contributed by atoms with Crippen molar-refractivity contribution in [2.75, 3.05) is 32.4 Å². The van der Waals surface area contributed by atoms with Crippen molar-refractivity contribution in [2.45, 2.75) is 6.04 Å². The molecule has 1 amide bonds. The van der Waals surface area contributed by atoms with E-state index in [9.17, 15) is 4.79 Å². The fraction of sp³-hybridized carbons (Fsp3) is 0.333. The van der Waals surface area contributed by atoms with Gasteiger partial charge in [-0.25, -0.2) is 0 Å². The summed E-state index contributed by atoms with van der Waals surface area (Å²) in [5.74, 6) is 0.282. The van der Waals surface area contributed by atoms with E-state index in [1.54, 1.807) is 6.07 Å². The largest absolute Gasteiger partial charge is 0.382 e. The molecule has 21 heavy (non-hydrogen) atoms. The van der Waals surface area contributed by atoms with Crippen LogP contribution in [0.1, 0.15) is 22.1 Å². The summed E-state index contributed by atoms with van der Waals surface area (Å²) in [4.78, 5) is 16.8. The zero-order valence-corrected chi connectivity index (χ0v) is 12.0. The van der Waals surface area contributed by atoms with E-state index < -0.39 is 0 Å². The quantitative estimate of drug-likeness (QED) is 0.866. The second-order valence-corrected chi connectivity index (χ2v) is 5.39. The number of H-pyrrole nitrogens is 1. The first-order valence-electron chi connectivity index (χ1n) is 7.00. The van der Waals surface area contributed by atoms with Crippen molar-refractivity contribution in [2.24, 2.45) is 0 Å². The predicted octanol–water partition coefficient (Wildman–Crippen LogP) is 1.12. The maximum absolute atomic E-state index is 12.7. The van der Waals surface area contributed by atoms with Crippen LogP contribution in [0.3, 0.4) is 0 Å². The molecule has 0 bridgehead atoms. The summed E-state index contributed by atoms with van der Waals surface area (Å²) in [5, 5.41) is 6.55. The summed E-state index contributed by atoms with van der Waals surface area (Å²) in [6.45, 7) is 2.37. The normalized spacial score (nSPS) is 19.7. The molecular weight excluding hydrogens is 266 g/mol. The molecule has 1 saturated heterocycles. The van der Waals surface area contributed by atoms with Gasteiger partial charge in [0.2, 0.25) is 0 Å². The van der Waals surface area contributed by atoms with Crippen molar-refractivity contribution in [1.29, 1.82) is 0 Å². The molecule has 3 rings (SSSR count). The van der Waals surface area contributed by atoms with Gasteiger partial charge in [-0.05, 0) is 12.6 Å². The van der Waals surface area contributed by atoms with Crippen LogP contribution in [0.15, 0.2) is 36.4 Å². The van der Waals surface area contributed by atoms with Crippen molar-refractivity contribution in [1.82, 2.24) is 20.0 Å². The Labute approximate surface area is 123 Å². The molecule has 110 valence electrons. The van der Waals surface area contributed by atoms with Crippen LogP contribution in [-0.2, 0) is 0 Å². The third-order valence-electron chi connectivity index (χ3n) is 3.86. The number of aromatic amines is 1. The average Bonchev–Trinajstić information content (AvgIpc) is 2.94. The number of nitrogens with zero attached hydrogens (tertiary/aromatic N) is 3. The highest BCUT2D eigenvalue weighted by Gasteiger charge is 2.31. The first-order chi connectivity index (χ1) is 10.1. The Balaban J connectivity index is 1.89. The predicted molar refractivity (Wildman–Crippen MR) is 80.7 cm³/mol. The van der Waals surface area contributed by atoms with Crippen LogP contribution in [0.2, 0.25) is 0 Å². The summed E-state index contributed by atoms with van der Waals surface area (Å²) >= 11 is 0. The number of amides is 1. The number of rotatable bonds is 2. The summed E-state index contributed by atoms with van der Waals surface area (Å²) in [6.07, 6.45) is 0. The summed E-state index contributed by atoms with van der Waals surface area (Å²) < 4.78 is 0. The number of likely N-dealkylation sites (N-methyl/N-ethyl adjacent to an activating group) is 1. The van der Waals surface area contributed by atoms with Gasteiger partial charge in [-0.3, -0.25) is 9.89 Å². The van der Waals surface area contributed by atoms with Crippen LogP contribution in [0.25, 0.3) is 0 Å². The number of benzene rings is 1. The van der Waals surface area contributed by atoms with E-state index in [1.807, 2.05) is 23.1 Å². The molecule has 1 unspecified atom stereocenters. The first-order valence-corrected chi connectivity index (χ1v) is 7.00. The Morgan fingerprint density at radius 1 is 1.33 bits per heavy atom. The van der Waals surface area contributed by atoms with Gasteiger partial charge < -0.3 is 15.5 Å². The molecule has 1 aromatic heterocycles. The molecule has 6 nitrogen and oxygen atoms in total. The molecule has 1 aliphatic heterocycles. The van der Waals surface area contributed by atoms with Gasteiger partial charge in [0.05, 0.1) is 6.04 Å². The van der Waals surface area contributed by atoms with Crippen LogP contribution in [0.4, 0.5) is 5.82 Å². The van der Waals surface area contributed by atoms with Gasteiger partial charge in [-0.15, -0.1) is 0 Å². The maximum Gasteiger partial charge on any atom is 0.272 e. The number of nitrogens with one attached hydrogen (secondary N) is 1. The molecule has 0 radical (unpaired) electrons. The van der Waals surface area contributed by atoms with Gasteiger partial charge >= 0.3 is 0 Å². The molecule has 0 spiro atoms. The SMILES string of the molecule is CN1CCN(C(=O)c2cc(N)n[nH]2)C(c2ccccc2)C1. The number of nitrogen functional groups attached to an aromatic ring is 1. The molecule has 0 saturated carbocycles. The fourth-order valence-corrected chi connectivity index (χ4v) is 2.72. The van der Waals surface area contributed by atoms with Crippen molar-refractivity contribution in [3.63, 3.8) is 0 Å². The maximum atomic E-state index is 12.7. The smallest absolute Gasteiger partial charge is 0.272 e. The van der Waals surface area contributed by atoms with Gasteiger partial charge in [0.1, 0.15) is 11.5 Å². The fourth-order valence-electron chi connectivity index (χ4n) is 2.72. The Kier molecular flexibility index (Phi) is 3.62. The molecule has 2 aromatic rings. The Hall–Kier alpha value is -2.34. The second-order valence-electron chi connectivity index (χ2n) is 5.39. The Morgan fingerprint density at radius 3 is 2.76 bits per heavy atom. The van der Waals surface area contributed by atoms with Gasteiger partial charge in [-0.1, -0.05) is 30.3 Å². The number of piperazine rings is 1. The third-order valence-corrected chi connectivity index (χ3v) is 3.86. The van der Waals surface area contributed by atoms with E-state index >= 15 is 0 Å². The molecule has 6 heteroatoms. The van der Waals surface area contributed by atoms with Crippen molar-refractivity contribution in [3.8, 4) is 0 Å². The lowest BCUT2D eigenvalue weighted by atomic mass is 10.0. The zero-order chi connectivity index (χ0) is 14.8. The molecule has 1 aliphatic rings. The minimum Gasteiger partial charge on any atom is -0.382 e. The third kappa shape index (κ3) is 2.75. The van der Waals surface area contributed by atoms with Crippen molar-refractivity contribution in [3.05, 3.63) is 47.7 Å².